The van der Waals surface area contributed by atoms with Gasteiger partial charge in [0.05, 0.1) is 19.1 Å². The average molecular weight is 497 g/mol. The van der Waals surface area contributed by atoms with E-state index in [0.29, 0.717) is 22.2 Å². The van der Waals surface area contributed by atoms with E-state index in [9.17, 15) is 24.6 Å². The van der Waals surface area contributed by atoms with Gasteiger partial charge in [0.25, 0.3) is 5.56 Å². The van der Waals surface area contributed by atoms with E-state index < -0.39 is 34.4 Å². The number of aromatic hydroxyl groups is 2. The Bertz CT molecular complexity index is 1850. The molecule has 3 heterocycles. The molecule has 1 aliphatic rings. The van der Waals surface area contributed by atoms with Crippen molar-refractivity contribution in [1.29, 1.82) is 0 Å². The minimum absolute atomic E-state index is 0.0840. The first kappa shape index (κ1) is 22.4. The topological polar surface area (TPSA) is 139 Å². The Labute approximate surface area is 208 Å². The van der Waals surface area contributed by atoms with Crippen LogP contribution in [-0.2, 0) is 4.79 Å². The zero-order valence-electron chi connectivity index (χ0n) is 19.4. The molecule has 9 heteroatoms. The summed E-state index contributed by atoms with van der Waals surface area (Å²) in [5, 5.41) is 21.8. The van der Waals surface area contributed by atoms with Gasteiger partial charge in [0.2, 0.25) is 5.75 Å². The van der Waals surface area contributed by atoms with E-state index in [4.69, 9.17) is 13.9 Å². The predicted molar refractivity (Wildman–Crippen MR) is 134 cm³/mol. The van der Waals surface area contributed by atoms with Gasteiger partial charge < -0.3 is 29.1 Å². The first-order chi connectivity index (χ1) is 17.9. The molecular formula is C28H19NO8. The van der Waals surface area contributed by atoms with Crippen LogP contribution in [0.25, 0.3) is 33.2 Å². The van der Waals surface area contributed by atoms with Crippen molar-refractivity contribution in [3.05, 3.63) is 92.4 Å². The van der Waals surface area contributed by atoms with Crippen molar-refractivity contribution in [2.24, 2.45) is 0 Å². The third-order valence-electron chi connectivity index (χ3n) is 6.56. The monoisotopic (exact) mass is 497 g/mol. The third-order valence-corrected chi connectivity index (χ3v) is 6.56. The maximum Gasteiger partial charge on any atom is 0.312 e. The molecule has 1 atom stereocenters. The number of methoxy groups -OCH3 is 1. The van der Waals surface area contributed by atoms with Gasteiger partial charge >= 0.3 is 5.97 Å². The molecule has 5 aromatic rings. The SMILES string of the molecule is COc1ccc2[nH]c(=O)c([C@H]3CC(=O)Oc4c(O)c(O)c5c(=O)cc(-c6ccccc6)oc5c43)cc2c1. The van der Waals surface area contributed by atoms with Crippen molar-refractivity contribution in [3.8, 4) is 34.3 Å². The van der Waals surface area contributed by atoms with Crippen molar-refractivity contribution in [2.45, 2.75) is 12.3 Å². The lowest BCUT2D eigenvalue weighted by atomic mass is 9.84. The summed E-state index contributed by atoms with van der Waals surface area (Å²) in [6.45, 7) is 0. The number of rotatable bonds is 3. The van der Waals surface area contributed by atoms with Crippen LogP contribution in [0, 0.1) is 0 Å². The number of phenolic OH excluding ortho intramolecular Hbond substituents is 2. The van der Waals surface area contributed by atoms with Crippen molar-refractivity contribution in [1.82, 2.24) is 4.98 Å². The Morgan fingerprint density at radius 2 is 1.76 bits per heavy atom. The molecule has 6 rings (SSSR count). The number of aromatic nitrogens is 1. The number of ether oxygens (including phenoxy) is 2. The second kappa shape index (κ2) is 8.27. The quantitative estimate of drug-likeness (QED) is 0.192. The van der Waals surface area contributed by atoms with E-state index >= 15 is 0 Å². The molecule has 0 fully saturated rings. The molecule has 0 aliphatic carbocycles. The number of esters is 1. The Morgan fingerprint density at radius 1 is 0.973 bits per heavy atom. The Balaban J connectivity index is 1.69. The average Bonchev–Trinajstić information content (AvgIpc) is 2.90. The molecule has 37 heavy (non-hydrogen) atoms. The number of carbonyl (C=O) groups is 1. The fraction of sp³-hybridized carbons (Fsp3) is 0.107. The predicted octanol–water partition coefficient (Wildman–Crippen LogP) is 4.16. The molecule has 2 aromatic heterocycles. The first-order valence-corrected chi connectivity index (χ1v) is 11.4. The number of pyridine rings is 1. The van der Waals surface area contributed by atoms with Crippen LogP contribution in [0.2, 0.25) is 0 Å². The van der Waals surface area contributed by atoms with E-state index in [-0.39, 0.29) is 40.0 Å². The van der Waals surface area contributed by atoms with Gasteiger partial charge in [-0.25, -0.2) is 0 Å². The summed E-state index contributed by atoms with van der Waals surface area (Å²) in [6, 6.07) is 16.8. The van der Waals surface area contributed by atoms with Crippen LogP contribution in [-0.4, -0.2) is 28.3 Å². The Kier molecular flexibility index (Phi) is 5.01. The number of H-pyrrole nitrogens is 1. The molecule has 3 aromatic carbocycles. The van der Waals surface area contributed by atoms with Gasteiger partial charge in [-0.05, 0) is 24.3 Å². The standard InChI is InChI=1S/C28H19NO8/c1-35-15-7-8-18-14(9-15)10-17(28(34)29-18)16-11-21(31)37-27-22(16)26-23(24(32)25(27)33)19(30)12-20(36-26)13-5-3-2-4-6-13/h2-10,12,16,32-33H,11H2,1H3,(H,29,34)/t16-/m1/s1. The largest absolute Gasteiger partial charge is 0.504 e. The molecule has 0 saturated carbocycles. The van der Waals surface area contributed by atoms with Crippen LogP contribution in [0.5, 0.6) is 23.0 Å². The molecule has 9 nitrogen and oxygen atoms in total. The lowest BCUT2D eigenvalue weighted by molar-refractivity contribution is -0.135. The van der Waals surface area contributed by atoms with Crippen molar-refractivity contribution >= 4 is 27.8 Å². The van der Waals surface area contributed by atoms with Gasteiger partial charge in [0.15, 0.2) is 16.9 Å². The van der Waals surface area contributed by atoms with Gasteiger partial charge in [-0.2, -0.15) is 0 Å². The summed E-state index contributed by atoms with van der Waals surface area (Å²) in [4.78, 5) is 41.7. The van der Waals surface area contributed by atoms with Gasteiger partial charge in [-0.1, -0.05) is 30.3 Å². The molecule has 0 amide bonds. The fourth-order valence-corrected chi connectivity index (χ4v) is 4.81. The summed E-state index contributed by atoms with van der Waals surface area (Å²) in [5.74, 6) is -2.80. The summed E-state index contributed by atoms with van der Waals surface area (Å²) < 4.78 is 16.7. The number of aromatic amines is 1. The zero-order valence-corrected chi connectivity index (χ0v) is 19.4. The summed E-state index contributed by atoms with van der Waals surface area (Å²) in [6.07, 6.45) is -0.260. The molecular weight excluding hydrogens is 478 g/mol. The second-order valence-corrected chi connectivity index (χ2v) is 8.72. The van der Waals surface area contributed by atoms with E-state index in [2.05, 4.69) is 4.98 Å². The highest BCUT2D eigenvalue weighted by Crippen LogP contribution is 2.51. The molecule has 1 aliphatic heterocycles. The molecule has 0 saturated heterocycles. The van der Waals surface area contributed by atoms with Crippen LogP contribution in [0.1, 0.15) is 23.5 Å². The van der Waals surface area contributed by atoms with Gasteiger partial charge in [-0.3, -0.25) is 14.4 Å². The maximum atomic E-state index is 13.2. The van der Waals surface area contributed by atoms with E-state index in [1.807, 2.05) is 6.07 Å². The number of nitrogens with one attached hydrogen (secondary N) is 1. The van der Waals surface area contributed by atoms with Gasteiger partial charge in [-0.15, -0.1) is 0 Å². The molecule has 0 radical (unpaired) electrons. The lowest BCUT2D eigenvalue weighted by Gasteiger charge is -2.26. The number of carbonyl (C=O) groups excluding carboxylic acids is 1. The number of fused-ring (bicyclic) bond motifs is 4. The van der Waals surface area contributed by atoms with E-state index in [0.717, 1.165) is 0 Å². The van der Waals surface area contributed by atoms with Crippen LogP contribution in [0.15, 0.2) is 74.7 Å². The van der Waals surface area contributed by atoms with Crippen LogP contribution in [0.4, 0.5) is 0 Å². The second-order valence-electron chi connectivity index (χ2n) is 8.72. The van der Waals surface area contributed by atoms with Crippen molar-refractivity contribution in [2.75, 3.05) is 7.11 Å². The number of phenols is 2. The molecule has 3 N–H and O–H groups in total. The molecule has 0 unspecified atom stereocenters. The van der Waals surface area contributed by atoms with E-state index in [1.54, 1.807) is 48.5 Å². The van der Waals surface area contributed by atoms with E-state index in [1.165, 1.54) is 13.2 Å². The molecule has 184 valence electrons. The smallest absolute Gasteiger partial charge is 0.312 e. The minimum Gasteiger partial charge on any atom is -0.504 e. The number of benzene rings is 3. The highest BCUT2D eigenvalue weighted by Gasteiger charge is 2.38. The highest BCUT2D eigenvalue weighted by atomic mass is 16.5. The molecule has 0 bridgehead atoms. The van der Waals surface area contributed by atoms with Crippen LogP contribution in [0.3, 0.4) is 0 Å². The Morgan fingerprint density at radius 3 is 2.51 bits per heavy atom. The van der Waals surface area contributed by atoms with Crippen LogP contribution >= 0.6 is 0 Å². The van der Waals surface area contributed by atoms with Crippen molar-refractivity contribution in [3.63, 3.8) is 0 Å². The highest BCUT2D eigenvalue weighted by molar-refractivity contribution is 5.96. The van der Waals surface area contributed by atoms with Crippen LogP contribution < -0.4 is 20.5 Å². The lowest BCUT2D eigenvalue weighted by Crippen LogP contribution is -2.26. The zero-order chi connectivity index (χ0) is 25.8. The number of hydrogen-bond acceptors (Lipinski definition) is 8. The fourth-order valence-electron chi connectivity index (χ4n) is 4.81. The molecule has 0 spiro atoms. The minimum atomic E-state index is -0.946. The maximum absolute atomic E-state index is 13.2. The van der Waals surface area contributed by atoms with Crippen molar-refractivity contribution < 1.29 is 28.9 Å². The first-order valence-electron chi connectivity index (χ1n) is 11.4. The summed E-state index contributed by atoms with van der Waals surface area (Å²) in [7, 11) is 1.52. The van der Waals surface area contributed by atoms with Gasteiger partial charge in [0.1, 0.15) is 22.5 Å². The van der Waals surface area contributed by atoms with Gasteiger partial charge in [0, 0.05) is 34.0 Å². The normalized spacial score (nSPS) is 14.9. The number of hydrogen-bond donors (Lipinski definition) is 3. The summed E-state index contributed by atoms with van der Waals surface area (Å²) in [5.41, 5.74) is 0.311. The Hall–Kier alpha value is -5.05. The summed E-state index contributed by atoms with van der Waals surface area (Å²) >= 11 is 0. The third kappa shape index (κ3) is 3.51.